The van der Waals surface area contributed by atoms with Crippen molar-refractivity contribution in [2.75, 3.05) is 16.8 Å². The molecular weight excluding hydrogens is 416 g/mol. The van der Waals surface area contributed by atoms with Crippen LogP contribution in [0, 0.1) is 0 Å². The first-order valence-corrected chi connectivity index (χ1v) is 11.2. The quantitative estimate of drug-likeness (QED) is 0.704. The predicted octanol–water partition coefficient (Wildman–Crippen LogP) is 2.60. The highest BCUT2D eigenvalue weighted by Gasteiger charge is 2.55. The number of thiophene rings is 1. The van der Waals surface area contributed by atoms with Crippen molar-refractivity contribution in [3.05, 3.63) is 46.2 Å². The van der Waals surface area contributed by atoms with E-state index in [0.717, 1.165) is 28.2 Å². The maximum Gasteiger partial charge on any atom is 0.325 e. The first-order chi connectivity index (χ1) is 14.9. The van der Waals surface area contributed by atoms with Crippen molar-refractivity contribution >= 4 is 46.5 Å². The monoisotopic (exact) mass is 438 g/mol. The van der Waals surface area contributed by atoms with Crippen LogP contribution in [0.15, 0.2) is 35.7 Å². The van der Waals surface area contributed by atoms with E-state index in [4.69, 9.17) is 0 Å². The van der Waals surface area contributed by atoms with Crippen molar-refractivity contribution in [1.82, 2.24) is 10.2 Å². The molecule has 1 aromatic heterocycles. The summed E-state index contributed by atoms with van der Waals surface area (Å²) in [6.45, 7) is 1.41. The molecule has 1 fully saturated rings. The molecule has 0 bridgehead atoms. The topological polar surface area (TPSA) is 98.8 Å². The average Bonchev–Trinajstić information content (AvgIpc) is 3.26. The number of carbonyl (C=O) groups excluding carboxylic acids is 4. The lowest BCUT2D eigenvalue weighted by Gasteiger charge is -2.32. The van der Waals surface area contributed by atoms with Crippen LogP contribution in [0.3, 0.4) is 0 Å². The molecule has 3 aliphatic rings. The average molecular weight is 439 g/mol. The van der Waals surface area contributed by atoms with Crippen LogP contribution in [0.25, 0.3) is 0 Å². The smallest absolute Gasteiger partial charge is 0.324 e. The van der Waals surface area contributed by atoms with Crippen LogP contribution in [0.2, 0.25) is 0 Å². The summed E-state index contributed by atoms with van der Waals surface area (Å²) in [5.41, 5.74) is 0.866. The fourth-order valence-corrected chi connectivity index (χ4v) is 5.86. The number of carbonyl (C=O) groups is 4. The van der Waals surface area contributed by atoms with Crippen LogP contribution in [0.1, 0.15) is 36.6 Å². The van der Waals surface area contributed by atoms with Crippen molar-refractivity contribution in [1.29, 1.82) is 0 Å². The number of para-hydroxylation sites is 2. The molecule has 8 nitrogen and oxygen atoms in total. The number of benzene rings is 1. The van der Waals surface area contributed by atoms with Crippen LogP contribution in [-0.4, -0.2) is 41.2 Å². The molecule has 1 spiro atoms. The number of nitrogens with zero attached hydrogens (tertiary/aromatic N) is 2. The number of fused-ring (bicyclic) bond motifs is 3. The molecule has 5 rings (SSSR count). The number of nitrogens with one attached hydrogen (secondary N) is 2. The predicted molar refractivity (Wildman–Crippen MR) is 116 cm³/mol. The van der Waals surface area contributed by atoms with Crippen molar-refractivity contribution in [2.45, 2.75) is 44.2 Å². The van der Waals surface area contributed by atoms with E-state index in [9.17, 15) is 19.2 Å². The van der Waals surface area contributed by atoms with Gasteiger partial charge in [-0.2, -0.15) is 0 Å². The van der Waals surface area contributed by atoms with E-state index in [1.165, 1.54) is 4.90 Å². The minimum absolute atomic E-state index is 0.128. The molecule has 0 radical (unpaired) electrons. The Morgan fingerprint density at radius 3 is 2.87 bits per heavy atom. The summed E-state index contributed by atoms with van der Waals surface area (Å²) in [6, 6.07) is 7.97. The Labute approximate surface area is 183 Å². The summed E-state index contributed by atoms with van der Waals surface area (Å²) < 4.78 is 0. The van der Waals surface area contributed by atoms with Crippen molar-refractivity contribution in [3.8, 4) is 0 Å². The minimum Gasteiger partial charge on any atom is -0.324 e. The highest BCUT2D eigenvalue weighted by molar-refractivity contribution is 7.10. The minimum atomic E-state index is -1.08. The second kappa shape index (κ2) is 7.19. The van der Waals surface area contributed by atoms with Gasteiger partial charge in [0.05, 0.1) is 11.4 Å². The lowest BCUT2D eigenvalue weighted by atomic mass is 9.80. The van der Waals surface area contributed by atoms with Gasteiger partial charge in [0.15, 0.2) is 0 Å². The van der Waals surface area contributed by atoms with Gasteiger partial charge in [-0.25, -0.2) is 4.79 Å². The highest BCUT2D eigenvalue weighted by atomic mass is 32.1. The molecule has 1 aliphatic carbocycles. The van der Waals surface area contributed by atoms with Crippen LogP contribution < -0.4 is 15.5 Å². The SMILES string of the molecule is C[C@@H]1CC(=O)Nc2ccccc2N1C(=O)CN1C(=O)N[C@@]2(CCCc3sccc32)C1=O. The molecule has 1 aromatic carbocycles. The third-order valence-corrected chi connectivity index (χ3v) is 7.24. The third kappa shape index (κ3) is 3.03. The van der Waals surface area contributed by atoms with Crippen molar-refractivity contribution < 1.29 is 19.2 Å². The largest absolute Gasteiger partial charge is 0.325 e. The van der Waals surface area contributed by atoms with E-state index in [2.05, 4.69) is 10.6 Å². The molecule has 5 amide bonds. The zero-order valence-electron chi connectivity index (χ0n) is 17.0. The zero-order valence-corrected chi connectivity index (χ0v) is 17.8. The van der Waals surface area contributed by atoms with Crippen molar-refractivity contribution in [3.63, 3.8) is 0 Å². The van der Waals surface area contributed by atoms with E-state index in [1.807, 2.05) is 11.4 Å². The van der Waals surface area contributed by atoms with E-state index < -0.39 is 23.5 Å². The third-order valence-electron chi connectivity index (χ3n) is 6.26. The van der Waals surface area contributed by atoms with Gasteiger partial charge in [-0.15, -0.1) is 11.3 Å². The first-order valence-electron chi connectivity index (χ1n) is 10.3. The number of hydrogen-bond donors (Lipinski definition) is 2. The molecule has 160 valence electrons. The molecule has 9 heteroatoms. The van der Waals surface area contributed by atoms with E-state index in [-0.39, 0.29) is 24.8 Å². The lowest BCUT2D eigenvalue weighted by Crippen LogP contribution is -2.48. The second-order valence-electron chi connectivity index (χ2n) is 8.22. The molecule has 2 atom stereocenters. The van der Waals surface area contributed by atoms with Gasteiger partial charge in [0, 0.05) is 22.9 Å². The number of aryl methyl sites for hydroxylation is 1. The van der Waals surface area contributed by atoms with Crippen LogP contribution in [-0.2, 0) is 26.3 Å². The number of anilines is 2. The van der Waals surface area contributed by atoms with E-state index in [1.54, 1.807) is 42.5 Å². The maximum atomic E-state index is 13.4. The number of imide groups is 1. The molecule has 2 N–H and O–H groups in total. The van der Waals surface area contributed by atoms with Gasteiger partial charge in [-0.3, -0.25) is 19.3 Å². The zero-order chi connectivity index (χ0) is 21.8. The lowest BCUT2D eigenvalue weighted by molar-refractivity contribution is -0.135. The molecule has 1 saturated heterocycles. The van der Waals surface area contributed by atoms with Crippen LogP contribution >= 0.6 is 11.3 Å². The van der Waals surface area contributed by atoms with Gasteiger partial charge in [0.1, 0.15) is 12.1 Å². The standard InChI is InChI=1S/C22H22N4O4S/c1-13-11-18(27)23-15-5-2-3-6-16(15)26(13)19(28)12-25-20(29)22(24-21(25)30)9-4-7-17-14(22)8-10-31-17/h2-3,5-6,8,10,13H,4,7,9,11-12H2,1H3,(H,23,27)(H,24,30)/t13-,22-/m1/s1. The molecule has 0 saturated carbocycles. The summed E-state index contributed by atoms with van der Waals surface area (Å²) in [5, 5.41) is 7.62. The van der Waals surface area contributed by atoms with E-state index in [0.29, 0.717) is 17.8 Å². The van der Waals surface area contributed by atoms with E-state index >= 15 is 0 Å². The van der Waals surface area contributed by atoms with Gasteiger partial charge >= 0.3 is 6.03 Å². The normalized spacial score (nSPS) is 25.1. The summed E-state index contributed by atoms with van der Waals surface area (Å²) in [5.74, 6) is -0.968. The Kier molecular flexibility index (Phi) is 4.58. The van der Waals surface area contributed by atoms with Gasteiger partial charge in [-0.1, -0.05) is 12.1 Å². The molecular formula is C22H22N4O4S. The summed E-state index contributed by atoms with van der Waals surface area (Å²) in [7, 11) is 0. The Balaban J connectivity index is 1.44. The molecule has 2 aliphatic heterocycles. The first kappa shape index (κ1) is 19.7. The Bertz CT molecular complexity index is 1110. The van der Waals surface area contributed by atoms with Crippen LogP contribution in [0.4, 0.5) is 16.2 Å². The number of urea groups is 1. The Morgan fingerprint density at radius 1 is 1.23 bits per heavy atom. The summed E-state index contributed by atoms with van der Waals surface area (Å²) >= 11 is 1.59. The fourth-order valence-electron chi connectivity index (χ4n) is 4.86. The van der Waals surface area contributed by atoms with Gasteiger partial charge in [-0.05, 0) is 49.8 Å². The fraction of sp³-hybridized carbons (Fsp3) is 0.364. The number of rotatable bonds is 2. The maximum absolute atomic E-state index is 13.4. The second-order valence-corrected chi connectivity index (χ2v) is 9.22. The molecule has 0 unspecified atom stereocenters. The van der Waals surface area contributed by atoms with Crippen molar-refractivity contribution in [2.24, 2.45) is 0 Å². The molecule has 31 heavy (non-hydrogen) atoms. The highest BCUT2D eigenvalue weighted by Crippen LogP contribution is 2.42. The van der Waals surface area contributed by atoms with Crippen LogP contribution in [0.5, 0.6) is 0 Å². The van der Waals surface area contributed by atoms with Gasteiger partial charge in [0.2, 0.25) is 11.8 Å². The van der Waals surface area contributed by atoms with Gasteiger partial charge < -0.3 is 15.5 Å². The number of amides is 5. The molecule has 3 heterocycles. The molecule has 2 aromatic rings. The Morgan fingerprint density at radius 2 is 2.03 bits per heavy atom. The summed E-state index contributed by atoms with van der Waals surface area (Å²) in [6.07, 6.45) is 2.34. The Hall–Kier alpha value is -3.20. The summed E-state index contributed by atoms with van der Waals surface area (Å²) in [4.78, 5) is 55.4. The number of hydrogen-bond acceptors (Lipinski definition) is 5. The van der Waals surface area contributed by atoms with Gasteiger partial charge in [0.25, 0.3) is 5.91 Å².